The van der Waals surface area contributed by atoms with Crippen molar-refractivity contribution in [1.82, 2.24) is 16.2 Å². The summed E-state index contributed by atoms with van der Waals surface area (Å²) < 4.78 is 5.55. The van der Waals surface area contributed by atoms with Crippen LogP contribution < -0.4 is 20.9 Å². The second-order valence-corrected chi connectivity index (χ2v) is 4.64. The van der Waals surface area contributed by atoms with Gasteiger partial charge in [-0.1, -0.05) is 19.1 Å². The molecule has 0 heterocycles. The van der Waals surface area contributed by atoms with Crippen LogP contribution in [0.1, 0.15) is 26.3 Å². The summed E-state index contributed by atoms with van der Waals surface area (Å²) in [6.45, 7) is 6.38. The number of thiocarbonyl (C=S) groups is 1. The van der Waals surface area contributed by atoms with Gasteiger partial charge in [-0.25, -0.2) is 0 Å². The lowest BCUT2D eigenvalue weighted by atomic mass is 10.2. The lowest BCUT2D eigenvalue weighted by Crippen LogP contribution is -2.50. The van der Waals surface area contributed by atoms with Crippen molar-refractivity contribution in [3.63, 3.8) is 0 Å². The largest absolute Gasteiger partial charge is 0.481 e. The first-order chi connectivity index (χ1) is 9.56. The van der Waals surface area contributed by atoms with Crippen molar-refractivity contribution in [1.29, 1.82) is 0 Å². The minimum Gasteiger partial charge on any atom is -0.481 e. The highest BCUT2D eigenvalue weighted by Gasteiger charge is 2.14. The minimum absolute atomic E-state index is 0.287. The van der Waals surface area contributed by atoms with E-state index in [4.69, 9.17) is 17.0 Å². The van der Waals surface area contributed by atoms with Gasteiger partial charge in [0.2, 0.25) is 0 Å². The van der Waals surface area contributed by atoms with E-state index < -0.39 is 6.10 Å². The Bertz CT molecular complexity index is 448. The van der Waals surface area contributed by atoms with E-state index in [9.17, 15) is 4.79 Å². The number of benzene rings is 1. The standard InChI is InChI=1S/C14H21N3O2S/c1-4-11-6-8-12(9-7-11)19-10(3)13(18)16-17-14(20)15-5-2/h6-10H,4-5H2,1-3H3,(H,16,18)(H2,15,17,20)/t10-/m1/s1. The van der Waals surface area contributed by atoms with Crippen LogP contribution in [-0.4, -0.2) is 23.7 Å². The van der Waals surface area contributed by atoms with Gasteiger partial charge in [-0.2, -0.15) is 0 Å². The van der Waals surface area contributed by atoms with Gasteiger partial charge in [-0.15, -0.1) is 0 Å². The number of nitrogens with one attached hydrogen (secondary N) is 3. The molecule has 1 aromatic rings. The van der Waals surface area contributed by atoms with E-state index in [0.717, 1.165) is 6.42 Å². The molecule has 0 saturated carbocycles. The van der Waals surface area contributed by atoms with Crippen molar-refractivity contribution in [3.05, 3.63) is 29.8 Å². The molecule has 3 N–H and O–H groups in total. The summed E-state index contributed by atoms with van der Waals surface area (Å²) in [5.74, 6) is 0.379. The molecule has 5 nitrogen and oxygen atoms in total. The number of hydrazine groups is 1. The monoisotopic (exact) mass is 295 g/mol. The quantitative estimate of drug-likeness (QED) is 0.568. The third-order valence-corrected chi connectivity index (χ3v) is 2.90. The van der Waals surface area contributed by atoms with Crippen molar-refractivity contribution in [2.75, 3.05) is 6.54 Å². The van der Waals surface area contributed by atoms with Gasteiger partial charge in [0.25, 0.3) is 5.91 Å². The van der Waals surface area contributed by atoms with Gasteiger partial charge in [0.05, 0.1) is 0 Å². The lowest BCUT2D eigenvalue weighted by Gasteiger charge is -2.16. The summed E-state index contributed by atoms with van der Waals surface area (Å²) in [6.07, 6.45) is 0.363. The average molecular weight is 295 g/mol. The van der Waals surface area contributed by atoms with Gasteiger partial charge < -0.3 is 10.1 Å². The maximum Gasteiger partial charge on any atom is 0.279 e. The third kappa shape index (κ3) is 5.44. The molecule has 0 unspecified atom stereocenters. The SMILES string of the molecule is CCNC(=S)NNC(=O)[C@@H](C)Oc1ccc(CC)cc1. The topological polar surface area (TPSA) is 62.4 Å². The highest BCUT2D eigenvalue weighted by Crippen LogP contribution is 2.14. The third-order valence-electron chi connectivity index (χ3n) is 2.65. The van der Waals surface area contributed by atoms with Gasteiger partial charge in [0.15, 0.2) is 11.2 Å². The van der Waals surface area contributed by atoms with E-state index >= 15 is 0 Å². The molecule has 0 aromatic heterocycles. The second kappa shape index (κ2) is 8.37. The van der Waals surface area contributed by atoms with Crippen molar-refractivity contribution < 1.29 is 9.53 Å². The van der Waals surface area contributed by atoms with Crippen LogP contribution in [0.15, 0.2) is 24.3 Å². The Morgan fingerprint density at radius 2 is 1.90 bits per heavy atom. The molecule has 0 aliphatic carbocycles. The zero-order valence-electron chi connectivity index (χ0n) is 12.0. The lowest BCUT2D eigenvalue weighted by molar-refractivity contribution is -0.127. The van der Waals surface area contributed by atoms with E-state index in [1.54, 1.807) is 6.92 Å². The number of hydrogen-bond acceptors (Lipinski definition) is 3. The smallest absolute Gasteiger partial charge is 0.279 e. The van der Waals surface area contributed by atoms with Gasteiger partial charge in [0.1, 0.15) is 5.75 Å². The van der Waals surface area contributed by atoms with Crippen LogP contribution >= 0.6 is 12.2 Å². The first-order valence-electron chi connectivity index (χ1n) is 6.66. The molecule has 20 heavy (non-hydrogen) atoms. The van der Waals surface area contributed by atoms with E-state index in [1.165, 1.54) is 5.56 Å². The molecule has 1 atom stereocenters. The highest BCUT2D eigenvalue weighted by molar-refractivity contribution is 7.80. The average Bonchev–Trinajstić information content (AvgIpc) is 2.45. The first-order valence-corrected chi connectivity index (χ1v) is 7.07. The molecule has 1 aromatic carbocycles. The Hall–Kier alpha value is -1.82. The molecule has 1 rings (SSSR count). The Labute approximate surface area is 125 Å². The predicted octanol–water partition coefficient (Wildman–Crippen LogP) is 1.53. The summed E-state index contributed by atoms with van der Waals surface area (Å²) >= 11 is 4.94. The molecule has 0 spiro atoms. The molecular formula is C14H21N3O2S. The van der Waals surface area contributed by atoms with Crippen molar-refractivity contribution in [2.24, 2.45) is 0 Å². The minimum atomic E-state index is -0.612. The van der Waals surface area contributed by atoms with Gasteiger partial charge in [-0.3, -0.25) is 15.6 Å². The first kappa shape index (κ1) is 16.2. The molecule has 1 amide bonds. The Kier molecular flexibility index (Phi) is 6.79. The number of carbonyl (C=O) groups excluding carboxylic acids is 1. The maximum absolute atomic E-state index is 11.8. The Morgan fingerprint density at radius 3 is 2.45 bits per heavy atom. The van der Waals surface area contributed by atoms with Crippen LogP contribution in [0.3, 0.4) is 0 Å². The zero-order chi connectivity index (χ0) is 15.0. The van der Waals surface area contributed by atoms with Gasteiger partial charge in [0, 0.05) is 6.54 Å². The molecule has 0 radical (unpaired) electrons. The highest BCUT2D eigenvalue weighted by atomic mass is 32.1. The van der Waals surface area contributed by atoms with E-state index in [0.29, 0.717) is 17.4 Å². The van der Waals surface area contributed by atoms with Crippen molar-refractivity contribution >= 4 is 23.2 Å². The molecular weight excluding hydrogens is 274 g/mol. The van der Waals surface area contributed by atoms with Crippen LogP contribution in [0.2, 0.25) is 0 Å². The fraction of sp³-hybridized carbons (Fsp3) is 0.429. The number of carbonyl (C=O) groups is 1. The fourth-order valence-corrected chi connectivity index (χ4v) is 1.68. The number of rotatable bonds is 5. The maximum atomic E-state index is 11.8. The molecule has 0 aliphatic heterocycles. The molecule has 110 valence electrons. The molecule has 0 fully saturated rings. The fourth-order valence-electron chi connectivity index (χ4n) is 1.49. The summed E-state index contributed by atoms with van der Waals surface area (Å²) in [7, 11) is 0. The Balaban J connectivity index is 2.42. The summed E-state index contributed by atoms with van der Waals surface area (Å²) in [5.41, 5.74) is 6.33. The number of ether oxygens (including phenoxy) is 1. The number of amides is 1. The van der Waals surface area contributed by atoms with E-state index in [-0.39, 0.29) is 5.91 Å². The molecule has 0 aliphatic rings. The predicted molar refractivity (Wildman–Crippen MR) is 83.5 cm³/mol. The molecule has 6 heteroatoms. The zero-order valence-corrected chi connectivity index (χ0v) is 12.8. The van der Waals surface area contributed by atoms with Crippen molar-refractivity contribution in [3.8, 4) is 5.75 Å². The second-order valence-electron chi connectivity index (χ2n) is 4.23. The van der Waals surface area contributed by atoms with Crippen LogP contribution in [0.25, 0.3) is 0 Å². The van der Waals surface area contributed by atoms with Crippen LogP contribution in [0.5, 0.6) is 5.75 Å². The number of aryl methyl sites for hydroxylation is 1. The van der Waals surface area contributed by atoms with Crippen LogP contribution in [0, 0.1) is 0 Å². The number of hydrogen-bond donors (Lipinski definition) is 3. The molecule has 0 bridgehead atoms. The summed E-state index contributed by atoms with van der Waals surface area (Å²) in [4.78, 5) is 11.8. The van der Waals surface area contributed by atoms with E-state index in [1.807, 2.05) is 31.2 Å². The Morgan fingerprint density at radius 1 is 1.25 bits per heavy atom. The van der Waals surface area contributed by atoms with Crippen LogP contribution in [0.4, 0.5) is 0 Å². The van der Waals surface area contributed by atoms with E-state index in [2.05, 4.69) is 23.1 Å². The van der Waals surface area contributed by atoms with Gasteiger partial charge >= 0.3 is 0 Å². The normalized spacial score (nSPS) is 11.3. The molecule has 0 saturated heterocycles. The van der Waals surface area contributed by atoms with Crippen LogP contribution in [-0.2, 0) is 11.2 Å². The van der Waals surface area contributed by atoms with Crippen molar-refractivity contribution in [2.45, 2.75) is 33.3 Å². The summed E-state index contributed by atoms with van der Waals surface area (Å²) in [5, 5.41) is 3.24. The summed E-state index contributed by atoms with van der Waals surface area (Å²) in [6, 6.07) is 7.69. The van der Waals surface area contributed by atoms with Gasteiger partial charge in [-0.05, 0) is 50.2 Å².